The molecule has 1 heterocycles. The van der Waals surface area contributed by atoms with Crippen LogP contribution in [0.3, 0.4) is 0 Å². The third kappa shape index (κ3) is 5.23. The van der Waals surface area contributed by atoms with Gasteiger partial charge in [0.15, 0.2) is 6.61 Å². The highest BCUT2D eigenvalue weighted by atomic mass is 79.9. The maximum Gasteiger partial charge on any atom is 0.344 e. The Hall–Kier alpha value is -3.13. The molecule has 0 bridgehead atoms. The van der Waals surface area contributed by atoms with Gasteiger partial charge >= 0.3 is 5.97 Å². The van der Waals surface area contributed by atoms with Crippen LogP contribution in [0.1, 0.15) is 6.92 Å². The number of nitrogens with one attached hydrogen (secondary N) is 1. The number of pyridine rings is 1. The van der Waals surface area contributed by atoms with Crippen LogP contribution in [0.4, 0.5) is 5.69 Å². The molecule has 8 heteroatoms. The average Bonchev–Trinajstić information content (AvgIpc) is 2.70. The van der Waals surface area contributed by atoms with E-state index in [2.05, 4.69) is 21.2 Å². The van der Waals surface area contributed by atoms with Crippen LogP contribution in [0, 0.1) is 0 Å². The van der Waals surface area contributed by atoms with Crippen LogP contribution < -0.4 is 15.6 Å². The zero-order valence-electron chi connectivity index (χ0n) is 15.7. The first kappa shape index (κ1) is 20.6. The fourth-order valence-electron chi connectivity index (χ4n) is 2.77. The van der Waals surface area contributed by atoms with Crippen LogP contribution in [-0.2, 0) is 20.9 Å². The zero-order chi connectivity index (χ0) is 20.8. The second-order valence-electron chi connectivity index (χ2n) is 6.11. The number of fused-ring (bicyclic) bond motifs is 1. The first-order valence-corrected chi connectivity index (χ1v) is 9.73. The van der Waals surface area contributed by atoms with E-state index in [1.807, 2.05) is 12.1 Å². The predicted molar refractivity (Wildman–Crippen MR) is 113 cm³/mol. The summed E-state index contributed by atoms with van der Waals surface area (Å²) in [6.45, 7) is 1.61. The summed E-state index contributed by atoms with van der Waals surface area (Å²) in [6, 6.07) is 13.8. The lowest BCUT2D eigenvalue weighted by molar-refractivity contribution is -0.145. The highest BCUT2D eigenvalue weighted by molar-refractivity contribution is 9.10. The minimum absolute atomic E-state index is 0.126. The van der Waals surface area contributed by atoms with Crippen molar-refractivity contribution in [3.05, 3.63) is 69.6 Å². The van der Waals surface area contributed by atoms with Crippen LogP contribution in [0.15, 0.2) is 64.0 Å². The summed E-state index contributed by atoms with van der Waals surface area (Å²) in [5, 5.41) is 3.71. The molecule has 3 aromatic rings. The normalized spacial score (nSPS) is 10.6. The molecule has 1 amide bonds. The van der Waals surface area contributed by atoms with Gasteiger partial charge in [-0.2, -0.15) is 0 Å². The Morgan fingerprint density at radius 2 is 1.83 bits per heavy atom. The van der Waals surface area contributed by atoms with Crippen molar-refractivity contribution in [3.63, 3.8) is 0 Å². The minimum atomic E-state index is -0.484. The number of hydrogen-bond donors (Lipinski definition) is 1. The smallest absolute Gasteiger partial charge is 0.344 e. The first-order chi connectivity index (χ1) is 14.0. The fraction of sp³-hybridized carbons (Fsp3) is 0.190. The molecule has 2 aromatic carbocycles. The molecule has 0 radical (unpaired) electrons. The number of benzene rings is 2. The van der Waals surface area contributed by atoms with Gasteiger partial charge in [-0.3, -0.25) is 9.59 Å². The van der Waals surface area contributed by atoms with Crippen molar-refractivity contribution in [2.45, 2.75) is 13.5 Å². The summed E-state index contributed by atoms with van der Waals surface area (Å²) >= 11 is 3.34. The highest BCUT2D eigenvalue weighted by Crippen LogP contribution is 2.23. The lowest BCUT2D eigenvalue weighted by Gasteiger charge is -2.11. The number of rotatable bonds is 7. The van der Waals surface area contributed by atoms with Crippen molar-refractivity contribution < 1.29 is 19.1 Å². The maximum atomic E-state index is 12.8. The van der Waals surface area contributed by atoms with Gasteiger partial charge in [0.25, 0.3) is 5.56 Å². The van der Waals surface area contributed by atoms with E-state index in [1.54, 1.807) is 43.3 Å². The van der Waals surface area contributed by atoms with Crippen LogP contribution >= 0.6 is 15.9 Å². The third-order valence-corrected chi connectivity index (χ3v) is 4.60. The van der Waals surface area contributed by atoms with Crippen molar-refractivity contribution in [2.75, 3.05) is 18.5 Å². The Bertz CT molecular complexity index is 1090. The summed E-state index contributed by atoms with van der Waals surface area (Å²) < 4.78 is 12.6. The molecular formula is C21H19BrN2O5. The molecule has 0 aliphatic heterocycles. The Balaban J connectivity index is 1.77. The molecule has 0 fully saturated rings. The van der Waals surface area contributed by atoms with Crippen molar-refractivity contribution in [3.8, 4) is 5.75 Å². The van der Waals surface area contributed by atoms with E-state index in [9.17, 15) is 14.4 Å². The molecule has 0 saturated carbocycles. The number of nitrogens with zero attached hydrogens (tertiary/aromatic N) is 1. The summed E-state index contributed by atoms with van der Waals surface area (Å²) in [4.78, 5) is 36.6. The van der Waals surface area contributed by atoms with Crippen molar-refractivity contribution in [1.29, 1.82) is 0 Å². The number of ether oxygens (including phenoxy) is 2. The number of halogens is 1. The number of carbonyl (C=O) groups is 2. The van der Waals surface area contributed by atoms with Gasteiger partial charge in [0.2, 0.25) is 5.91 Å². The van der Waals surface area contributed by atoms with Crippen LogP contribution in [-0.4, -0.2) is 29.7 Å². The molecule has 7 nitrogen and oxygen atoms in total. The predicted octanol–water partition coefficient (Wildman–Crippen LogP) is 3.34. The zero-order valence-corrected chi connectivity index (χ0v) is 17.3. The number of amides is 1. The second-order valence-corrected chi connectivity index (χ2v) is 7.03. The molecular weight excluding hydrogens is 440 g/mol. The average molecular weight is 459 g/mol. The third-order valence-electron chi connectivity index (χ3n) is 4.07. The lowest BCUT2D eigenvalue weighted by atomic mass is 10.1. The fourth-order valence-corrected chi connectivity index (χ4v) is 3.03. The van der Waals surface area contributed by atoms with Crippen LogP contribution in [0.5, 0.6) is 5.75 Å². The van der Waals surface area contributed by atoms with E-state index in [0.717, 1.165) is 4.47 Å². The van der Waals surface area contributed by atoms with Crippen molar-refractivity contribution in [1.82, 2.24) is 4.57 Å². The molecule has 150 valence electrons. The molecule has 0 aliphatic rings. The van der Waals surface area contributed by atoms with Gasteiger partial charge in [0, 0.05) is 21.7 Å². The molecule has 1 N–H and O–H groups in total. The van der Waals surface area contributed by atoms with Crippen molar-refractivity contribution >= 4 is 44.3 Å². The summed E-state index contributed by atoms with van der Waals surface area (Å²) in [5.41, 5.74) is 0.316. The van der Waals surface area contributed by atoms with Gasteiger partial charge in [0.05, 0.1) is 12.0 Å². The molecule has 0 spiro atoms. The lowest BCUT2D eigenvalue weighted by Crippen LogP contribution is -2.27. The second kappa shape index (κ2) is 9.38. The number of hydrogen-bond acceptors (Lipinski definition) is 5. The topological polar surface area (TPSA) is 86.6 Å². The molecule has 0 atom stereocenters. The van der Waals surface area contributed by atoms with Crippen LogP contribution in [0.2, 0.25) is 0 Å². The van der Waals surface area contributed by atoms with E-state index in [1.165, 1.54) is 10.8 Å². The van der Waals surface area contributed by atoms with Crippen LogP contribution in [0.25, 0.3) is 10.8 Å². The molecule has 3 rings (SSSR count). The Labute approximate surface area is 175 Å². The SMILES string of the molecule is CCOC(=O)COc1cccc2c(=O)n(CC(=O)Nc3ccc(Br)cc3)ccc12. The number of carbonyl (C=O) groups excluding carboxylic acids is 2. The first-order valence-electron chi connectivity index (χ1n) is 8.94. The van der Waals surface area contributed by atoms with Gasteiger partial charge in [-0.05, 0) is 49.4 Å². The van der Waals surface area contributed by atoms with Gasteiger partial charge in [0.1, 0.15) is 12.3 Å². The van der Waals surface area contributed by atoms with Gasteiger partial charge in [-0.15, -0.1) is 0 Å². The van der Waals surface area contributed by atoms with Gasteiger partial charge in [-0.25, -0.2) is 4.79 Å². The van der Waals surface area contributed by atoms with Gasteiger partial charge in [-0.1, -0.05) is 22.0 Å². The van der Waals surface area contributed by atoms with E-state index in [0.29, 0.717) is 22.2 Å². The Kier molecular flexibility index (Phi) is 6.66. The van der Waals surface area contributed by atoms with Crippen molar-refractivity contribution in [2.24, 2.45) is 0 Å². The van der Waals surface area contributed by atoms with E-state index >= 15 is 0 Å². The maximum absolute atomic E-state index is 12.8. The summed E-state index contributed by atoms with van der Waals surface area (Å²) in [7, 11) is 0. The molecule has 0 saturated heterocycles. The quantitative estimate of drug-likeness (QED) is 0.548. The Morgan fingerprint density at radius 3 is 2.55 bits per heavy atom. The molecule has 0 aliphatic carbocycles. The number of esters is 1. The van der Waals surface area contributed by atoms with E-state index in [4.69, 9.17) is 9.47 Å². The number of anilines is 1. The highest BCUT2D eigenvalue weighted by Gasteiger charge is 2.12. The minimum Gasteiger partial charge on any atom is -0.481 e. The largest absolute Gasteiger partial charge is 0.481 e. The standard InChI is InChI=1S/C21H19BrN2O5/c1-2-28-20(26)13-29-18-5-3-4-17-16(18)10-11-24(21(17)27)12-19(25)23-15-8-6-14(22)7-9-15/h3-11H,2,12-13H2,1H3,(H,23,25). The molecule has 29 heavy (non-hydrogen) atoms. The monoisotopic (exact) mass is 458 g/mol. The van der Waals surface area contributed by atoms with Gasteiger partial charge < -0.3 is 19.4 Å². The Morgan fingerprint density at radius 1 is 1.07 bits per heavy atom. The van der Waals surface area contributed by atoms with E-state index < -0.39 is 5.97 Å². The summed E-state index contributed by atoms with van der Waals surface area (Å²) in [6.07, 6.45) is 1.53. The molecule has 1 aromatic heterocycles. The summed E-state index contributed by atoms with van der Waals surface area (Å²) in [5.74, 6) is -0.398. The van der Waals surface area contributed by atoms with E-state index in [-0.39, 0.29) is 31.2 Å². The molecule has 0 unspecified atom stereocenters. The number of aromatic nitrogens is 1.